The first-order chi connectivity index (χ1) is 12.2. The quantitative estimate of drug-likeness (QED) is 0.692. The number of rotatable bonds is 2. The van der Waals surface area contributed by atoms with Gasteiger partial charge in [0, 0.05) is 16.7 Å². The molecule has 5 heteroatoms. The largest absolute Gasteiger partial charge is 0.393 e. The maximum atomic E-state index is 12.3. The molecule has 2 saturated carbocycles. The van der Waals surface area contributed by atoms with Crippen molar-refractivity contribution < 1.29 is 24.9 Å². The van der Waals surface area contributed by atoms with Crippen LogP contribution in [-0.2, 0) is 9.59 Å². The van der Waals surface area contributed by atoms with Crippen molar-refractivity contribution in [3.63, 3.8) is 0 Å². The van der Waals surface area contributed by atoms with Gasteiger partial charge in [-0.2, -0.15) is 0 Å². The fraction of sp³-hybridized carbons (Fsp3) is 0.619. The maximum Gasteiger partial charge on any atom is 0.190 e. The van der Waals surface area contributed by atoms with Crippen LogP contribution >= 0.6 is 0 Å². The third kappa shape index (κ3) is 2.02. The second-order valence-corrected chi connectivity index (χ2v) is 8.86. The highest BCUT2D eigenvalue weighted by molar-refractivity contribution is 6.01. The summed E-state index contributed by atoms with van der Waals surface area (Å²) >= 11 is 0. The van der Waals surface area contributed by atoms with E-state index in [1.807, 2.05) is 25.2 Å². The van der Waals surface area contributed by atoms with Crippen LogP contribution in [0, 0.1) is 28.6 Å². The fourth-order valence-electron chi connectivity index (χ4n) is 6.38. The van der Waals surface area contributed by atoms with Crippen molar-refractivity contribution in [1.82, 2.24) is 0 Å². The topological polar surface area (TPSA) is 94.8 Å². The Balaban J connectivity index is 1.80. The van der Waals surface area contributed by atoms with Crippen molar-refractivity contribution in [2.75, 3.05) is 6.61 Å². The molecule has 0 aromatic heterocycles. The third-order valence-electron chi connectivity index (χ3n) is 7.82. The van der Waals surface area contributed by atoms with Crippen LogP contribution < -0.4 is 0 Å². The summed E-state index contributed by atoms with van der Waals surface area (Å²) in [6, 6.07) is 0. The van der Waals surface area contributed by atoms with Crippen molar-refractivity contribution in [2.45, 2.75) is 44.8 Å². The lowest BCUT2D eigenvalue weighted by Gasteiger charge is -2.57. The minimum atomic E-state index is -1.60. The van der Waals surface area contributed by atoms with E-state index in [4.69, 9.17) is 0 Å². The Morgan fingerprint density at radius 1 is 1.31 bits per heavy atom. The number of ketones is 2. The van der Waals surface area contributed by atoms with E-state index >= 15 is 0 Å². The zero-order chi connectivity index (χ0) is 18.9. The molecule has 26 heavy (non-hydrogen) atoms. The van der Waals surface area contributed by atoms with E-state index < -0.39 is 34.9 Å². The number of carbonyl (C=O) groups excluding carboxylic acids is 2. The van der Waals surface area contributed by atoms with Gasteiger partial charge in [0.25, 0.3) is 0 Å². The fourth-order valence-corrected chi connectivity index (χ4v) is 6.38. The van der Waals surface area contributed by atoms with Crippen LogP contribution in [0.2, 0.25) is 0 Å². The molecule has 4 aliphatic rings. The zero-order valence-electron chi connectivity index (χ0n) is 15.2. The lowest BCUT2D eigenvalue weighted by molar-refractivity contribution is -0.172. The molecule has 140 valence electrons. The van der Waals surface area contributed by atoms with Crippen LogP contribution in [0.15, 0.2) is 36.0 Å². The molecule has 0 aliphatic heterocycles. The van der Waals surface area contributed by atoms with E-state index in [-0.39, 0.29) is 23.5 Å². The van der Waals surface area contributed by atoms with Gasteiger partial charge in [-0.05, 0) is 48.8 Å². The van der Waals surface area contributed by atoms with E-state index in [2.05, 4.69) is 6.92 Å². The molecular formula is C21H26O5. The van der Waals surface area contributed by atoms with Gasteiger partial charge in [0.15, 0.2) is 11.6 Å². The lowest BCUT2D eigenvalue weighted by Crippen LogP contribution is -2.61. The Labute approximate surface area is 153 Å². The van der Waals surface area contributed by atoms with E-state index in [1.54, 1.807) is 12.2 Å². The van der Waals surface area contributed by atoms with Crippen molar-refractivity contribution in [2.24, 2.45) is 28.6 Å². The first kappa shape index (κ1) is 17.8. The van der Waals surface area contributed by atoms with Gasteiger partial charge in [0.2, 0.25) is 0 Å². The Morgan fingerprint density at radius 2 is 2.04 bits per heavy atom. The van der Waals surface area contributed by atoms with E-state index in [0.717, 1.165) is 5.57 Å². The number of hydrogen-bond acceptors (Lipinski definition) is 5. The standard InChI is InChI=1S/C21H26O5/c1-19-7-5-13(23)9-12(19)3-4-14-15-6-8-21(26,17(25)11-22)20(15,2)10-16(24)18(14)19/h3-5,7,9,14-16,18,22,24,26H,6,8,10-11H2,1-2H3/t14-,15-,16-,18+,19-,20-,21-/m0/s1. The van der Waals surface area contributed by atoms with Gasteiger partial charge in [-0.25, -0.2) is 0 Å². The van der Waals surface area contributed by atoms with Crippen LogP contribution in [0.1, 0.15) is 33.1 Å². The van der Waals surface area contributed by atoms with Crippen molar-refractivity contribution in [1.29, 1.82) is 0 Å². The van der Waals surface area contributed by atoms with Crippen molar-refractivity contribution in [3.8, 4) is 0 Å². The molecule has 3 N–H and O–H groups in total. The van der Waals surface area contributed by atoms with Gasteiger partial charge in [0.1, 0.15) is 12.2 Å². The highest BCUT2D eigenvalue weighted by atomic mass is 16.3. The minimum absolute atomic E-state index is 0.00395. The molecular weight excluding hydrogens is 332 g/mol. The molecule has 0 saturated heterocycles. The highest BCUT2D eigenvalue weighted by Crippen LogP contribution is 2.65. The number of allylic oxidation sites excluding steroid dienone is 6. The molecule has 0 heterocycles. The zero-order valence-corrected chi connectivity index (χ0v) is 15.2. The monoisotopic (exact) mass is 358 g/mol. The van der Waals surface area contributed by atoms with Crippen LogP contribution in [0.5, 0.6) is 0 Å². The number of fused-ring (bicyclic) bond motifs is 5. The maximum absolute atomic E-state index is 12.3. The van der Waals surface area contributed by atoms with E-state index in [0.29, 0.717) is 19.3 Å². The molecule has 7 atom stereocenters. The summed E-state index contributed by atoms with van der Waals surface area (Å²) in [6.45, 7) is 3.24. The number of carbonyl (C=O) groups is 2. The highest BCUT2D eigenvalue weighted by Gasteiger charge is 2.67. The summed E-state index contributed by atoms with van der Waals surface area (Å²) < 4.78 is 0. The number of hydrogen-bond donors (Lipinski definition) is 3. The molecule has 2 fully saturated rings. The normalized spacial score (nSPS) is 49.3. The molecule has 0 radical (unpaired) electrons. The average Bonchev–Trinajstić information content (AvgIpc) is 2.86. The summed E-state index contributed by atoms with van der Waals surface area (Å²) in [6.07, 6.45) is 9.69. The smallest absolute Gasteiger partial charge is 0.190 e. The third-order valence-corrected chi connectivity index (χ3v) is 7.82. The second-order valence-electron chi connectivity index (χ2n) is 8.86. The van der Waals surface area contributed by atoms with Crippen LogP contribution in [0.25, 0.3) is 0 Å². The SMILES string of the molecule is C[C@]12C=CC(=O)C=C1C=C[C@@H]1[C@@H]2[C@@H](O)C[C@@]2(C)[C@H]1CC[C@]2(O)C(=O)CO. The van der Waals surface area contributed by atoms with Gasteiger partial charge < -0.3 is 15.3 Å². The van der Waals surface area contributed by atoms with Gasteiger partial charge in [-0.1, -0.05) is 32.1 Å². The first-order valence-electron chi connectivity index (χ1n) is 9.35. The summed E-state index contributed by atoms with van der Waals surface area (Å²) in [5.74, 6) is -0.656. The average molecular weight is 358 g/mol. The molecule has 4 aliphatic carbocycles. The minimum Gasteiger partial charge on any atom is -0.393 e. The summed E-state index contributed by atoms with van der Waals surface area (Å²) in [7, 11) is 0. The van der Waals surface area contributed by atoms with E-state index in [9.17, 15) is 24.9 Å². The van der Waals surface area contributed by atoms with Gasteiger partial charge in [-0.15, -0.1) is 0 Å². The van der Waals surface area contributed by atoms with Gasteiger partial charge in [0.05, 0.1) is 6.10 Å². The lowest BCUT2D eigenvalue weighted by atomic mass is 9.48. The first-order valence-corrected chi connectivity index (χ1v) is 9.35. The predicted octanol–water partition coefficient (Wildman–Crippen LogP) is 1.33. The summed E-state index contributed by atoms with van der Waals surface area (Å²) in [4.78, 5) is 24.1. The number of Topliss-reactive ketones (excluding diaryl/α,β-unsaturated/α-hetero) is 1. The Hall–Kier alpha value is -1.56. The predicted molar refractivity (Wildman–Crippen MR) is 95.0 cm³/mol. The Bertz CT molecular complexity index is 764. The molecule has 0 aromatic carbocycles. The second kappa shape index (κ2) is 5.47. The summed E-state index contributed by atoms with van der Waals surface area (Å²) in [5.41, 5.74) is -1.89. The number of aliphatic hydroxyl groups is 3. The molecule has 0 bridgehead atoms. The van der Waals surface area contributed by atoms with Crippen LogP contribution in [-0.4, -0.2) is 45.2 Å². The molecule has 0 unspecified atom stereocenters. The van der Waals surface area contributed by atoms with Crippen LogP contribution in [0.4, 0.5) is 0 Å². The Kier molecular flexibility index (Phi) is 3.75. The Morgan fingerprint density at radius 3 is 2.73 bits per heavy atom. The molecule has 4 rings (SSSR count). The molecule has 0 amide bonds. The van der Waals surface area contributed by atoms with Gasteiger partial charge >= 0.3 is 0 Å². The molecule has 0 spiro atoms. The molecule has 0 aromatic rings. The van der Waals surface area contributed by atoms with Gasteiger partial charge in [-0.3, -0.25) is 9.59 Å². The van der Waals surface area contributed by atoms with Crippen molar-refractivity contribution >= 4 is 11.6 Å². The van der Waals surface area contributed by atoms with Crippen LogP contribution in [0.3, 0.4) is 0 Å². The van der Waals surface area contributed by atoms with Crippen molar-refractivity contribution in [3.05, 3.63) is 36.0 Å². The summed E-state index contributed by atoms with van der Waals surface area (Å²) in [5, 5.41) is 31.6. The molecule has 5 nitrogen and oxygen atoms in total. The van der Waals surface area contributed by atoms with E-state index in [1.165, 1.54) is 0 Å². The number of aliphatic hydroxyl groups excluding tert-OH is 2.